The second-order valence-electron chi connectivity index (χ2n) is 9.01. The Bertz CT molecular complexity index is 618. The van der Waals surface area contributed by atoms with Crippen LogP contribution in [-0.4, -0.2) is 30.9 Å². The van der Waals surface area contributed by atoms with Gasteiger partial charge in [-0.25, -0.2) is 4.79 Å². The molecule has 0 heterocycles. The molecule has 0 fully saturated rings. The van der Waals surface area contributed by atoms with E-state index in [-0.39, 0.29) is 5.97 Å². The predicted molar refractivity (Wildman–Crippen MR) is 112 cm³/mol. The van der Waals surface area contributed by atoms with Crippen LogP contribution in [0.3, 0.4) is 0 Å². The van der Waals surface area contributed by atoms with Gasteiger partial charge in [-0.15, -0.1) is 0 Å². The standard InChI is InChI=1S/C18H32O4Si3/c1-23(2,3)20-16-12-10-15(11-13-16)14-17(21-24(4,5)6)18(19)22-25(7,8)9/h10-14H,1-9H3. The van der Waals surface area contributed by atoms with Gasteiger partial charge < -0.3 is 13.3 Å². The molecule has 1 aromatic rings. The summed E-state index contributed by atoms with van der Waals surface area (Å²) in [5, 5.41) is 0. The van der Waals surface area contributed by atoms with Crippen molar-refractivity contribution in [2.24, 2.45) is 0 Å². The summed E-state index contributed by atoms with van der Waals surface area (Å²) < 4.78 is 17.6. The molecule has 0 aliphatic rings. The van der Waals surface area contributed by atoms with E-state index in [1.54, 1.807) is 6.08 Å². The van der Waals surface area contributed by atoms with Gasteiger partial charge >= 0.3 is 5.97 Å². The molecule has 4 nitrogen and oxygen atoms in total. The van der Waals surface area contributed by atoms with E-state index in [4.69, 9.17) is 13.3 Å². The highest BCUT2D eigenvalue weighted by Gasteiger charge is 2.27. The molecule has 0 spiro atoms. The van der Waals surface area contributed by atoms with E-state index >= 15 is 0 Å². The van der Waals surface area contributed by atoms with E-state index in [0.717, 1.165) is 11.3 Å². The molecule has 0 saturated heterocycles. The maximum atomic E-state index is 12.5. The molecular formula is C18H32O4Si3. The number of carbonyl (C=O) groups is 1. The van der Waals surface area contributed by atoms with Gasteiger partial charge in [-0.05, 0) is 82.7 Å². The number of benzene rings is 1. The molecule has 25 heavy (non-hydrogen) atoms. The Labute approximate surface area is 155 Å². The zero-order valence-electron chi connectivity index (χ0n) is 17.0. The molecule has 0 aliphatic carbocycles. The van der Waals surface area contributed by atoms with Gasteiger partial charge in [0.2, 0.25) is 25.0 Å². The third-order valence-corrected chi connectivity index (χ3v) is 5.10. The Balaban J connectivity index is 3.06. The van der Waals surface area contributed by atoms with Crippen LogP contribution in [0.1, 0.15) is 5.56 Å². The third-order valence-electron chi connectivity index (χ3n) is 2.62. The van der Waals surface area contributed by atoms with E-state index < -0.39 is 25.0 Å². The normalized spacial score (nSPS) is 13.4. The lowest BCUT2D eigenvalue weighted by atomic mass is 10.2. The van der Waals surface area contributed by atoms with Crippen molar-refractivity contribution in [2.45, 2.75) is 58.9 Å². The second kappa shape index (κ2) is 7.92. The lowest BCUT2D eigenvalue weighted by Crippen LogP contribution is -2.33. The van der Waals surface area contributed by atoms with Crippen molar-refractivity contribution in [3.63, 3.8) is 0 Å². The van der Waals surface area contributed by atoms with Crippen molar-refractivity contribution in [3.05, 3.63) is 35.6 Å². The Kier molecular flexibility index (Phi) is 6.88. The number of carbonyl (C=O) groups excluding carboxylic acids is 1. The lowest BCUT2D eigenvalue weighted by molar-refractivity contribution is -0.133. The van der Waals surface area contributed by atoms with Crippen LogP contribution in [-0.2, 0) is 13.6 Å². The van der Waals surface area contributed by atoms with Gasteiger partial charge in [-0.3, -0.25) is 0 Å². The summed E-state index contributed by atoms with van der Waals surface area (Å²) in [6.45, 7) is 18.5. The molecule has 0 amide bonds. The van der Waals surface area contributed by atoms with Gasteiger partial charge in [-0.1, -0.05) is 12.1 Å². The molecule has 0 bridgehead atoms. The lowest BCUT2D eigenvalue weighted by Gasteiger charge is -2.24. The van der Waals surface area contributed by atoms with Crippen molar-refractivity contribution < 1.29 is 18.1 Å². The first-order chi connectivity index (χ1) is 11.1. The first-order valence-corrected chi connectivity index (χ1v) is 18.8. The van der Waals surface area contributed by atoms with Gasteiger partial charge in [0.1, 0.15) is 5.75 Å². The van der Waals surface area contributed by atoms with Crippen molar-refractivity contribution in [1.82, 2.24) is 0 Å². The smallest absolute Gasteiger partial charge is 0.358 e. The summed E-state index contributed by atoms with van der Waals surface area (Å²) in [6.07, 6.45) is 1.76. The van der Waals surface area contributed by atoms with Crippen molar-refractivity contribution in [1.29, 1.82) is 0 Å². The molecule has 0 unspecified atom stereocenters. The first-order valence-electron chi connectivity index (χ1n) is 8.58. The molecule has 140 valence electrons. The quantitative estimate of drug-likeness (QED) is 0.348. The van der Waals surface area contributed by atoms with Gasteiger partial charge in [0, 0.05) is 0 Å². The molecule has 0 saturated carbocycles. The Morgan fingerprint density at radius 3 is 1.64 bits per heavy atom. The maximum Gasteiger partial charge on any atom is 0.358 e. The van der Waals surface area contributed by atoms with Crippen LogP contribution >= 0.6 is 0 Å². The predicted octanol–water partition coefficient (Wildman–Crippen LogP) is 5.47. The third kappa shape index (κ3) is 9.66. The Morgan fingerprint density at radius 1 is 0.760 bits per heavy atom. The fraction of sp³-hybridized carbons (Fsp3) is 0.500. The van der Waals surface area contributed by atoms with Crippen LogP contribution in [0.4, 0.5) is 0 Å². The van der Waals surface area contributed by atoms with E-state index in [0.29, 0.717) is 5.76 Å². The van der Waals surface area contributed by atoms with E-state index in [2.05, 4.69) is 19.6 Å². The summed E-state index contributed by atoms with van der Waals surface area (Å²) in [4.78, 5) is 12.5. The van der Waals surface area contributed by atoms with Crippen molar-refractivity contribution >= 4 is 37.0 Å². The molecule has 1 rings (SSSR count). The van der Waals surface area contributed by atoms with Crippen LogP contribution in [0.2, 0.25) is 58.9 Å². The molecule has 0 aliphatic heterocycles. The van der Waals surface area contributed by atoms with E-state index in [1.807, 2.05) is 63.5 Å². The fourth-order valence-corrected chi connectivity index (χ4v) is 4.23. The molecule has 0 aromatic heterocycles. The minimum Gasteiger partial charge on any atom is -0.544 e. The Morgan fingerprint density at radius 2 is 1.24 bits per heavy atom. The largest absolute Gasteiger partial charge is 0.544 e. The monoisotopic (exact) mass is 396 g/mol. The van der Waals surface area contributed by atoms with E-state index in [1.165, 1.54) is 0 Å². The molecule has 0 atom stereocenters. The highest BCUT2D eigenvalue weighted by atomic mass is 28.4. The van der Waals surface area contributed by atoms with Crippen LogP contribution < -0.4 is 4.43 Å². The van der Waals surface area contributed by atoms with Crippen LogP contribution in [0, 0.1) is 0 Å². The molecular weight excluding hydrogens is 364 g/mol. The highest BCUT2D eigenvalue weighted by molar-refractivity contribution is 6.72. The minimum atomic E-state index is -1.98. The topological polar surface area (TPSA) is 44.8 Å². The summed E-state index contributed by atoms with van der Waals surface area (Å²) in [6, 6.07) is 7.73. The minimum absolute atomic E-state index is 0.292. The van der Waals surface area contributed by atoms with Crippen LogP contribution in [0.25, 0.3) is 6.08 Å². The summed E-state index contributed by atoms with van der Waals surface area (Å²) >= 11 is 0. The van der Waals surface area contributed by atoms with Gasteiger partial charge in [0.05, 0.1) is 0 Å². The van der Waals surface area contributed by atoms with Crippen molar-refractivity contribution in [2.75, 3.05) is 0 Å². The fourth-order valence-electron chi connectivity index (χ4n) is 1.93. The van der Waals surface area contributed by atoms with Gasteiger partial charge in [0.15, 0.2) is 5.76 Å². The second-order valence-corrected chi connectivity index (χ2v) is 22.3. The number of hydrogen-bond donors (Lipinski definition) is 0. The van der Waals surface area contributed by atoms with Crippen molar-refractivity contribution in [3.8, 4) is 5.75 Å². The Hall–Kier alpha value is -1.32. The van der Waals surface area contributed by atoms with Gasteiger partial charge in [-0.2, -0.15) is 0 Å². The molecule has 1 aromatic carbocycles. The van der Waals surface area contributed by atoms with Crippen LogP contribution in [0.5, 0.6) is 5.75 Å². The zero-order chi connectivity index (χ0) is 19.5. The molecule has 0 N–H and O–H groups in total. The van der Waals surface area contributed by atoms with E-state index in [9.17, 15) is 4.79 Å². The number of hydrogen-bond acceptors (Lipinski definition) is 4. The molecule has 7 heteroatoms. The molecule has 0 radical (unpaired) electrons. The maximum absolute atomic E-state index is 12.5. The number of rotatable bonds is 7. The summed E-state index contributed by atoms with van der Waals surface area (Å²) in [5.41, 5.74) is 0.892. The van der Waals surface area contributed by atoms with Crippen LogP contribution in [0.15, 0.2) is 30.0 Å². The average molecular weight is 397 g/mol. The zero-order valence-corrected chi connectivity index (χ0v) is 20.0. The highest BCUT2D eigenvalue weighted by Crippen LogP contribution is 2.21. The summed E-state index contributed by atoms with van der Waals surface area (Å²) in [5.74, 6) is 0.776. The summed E-state index contributed by atoms with van der Waals surface area (Å²) in [7, 11) is -5.54. The SMILES string of the molecule is C[Si](C)(C)OC(=O)C(=Cc1ccc(O[Si](C)(C)C)cc1)O[Si](C)(C)C. The van der Waals surface area contributed by atoms with Gasteiger partial charge in [0.25, 0.3) is 0 Å². The average Bonchev–Trinajstić information content (AvgIpc) is 2.35. The first kappa shape index (κ1) is 21.7.